The lowest BCUT2D eigenvalue weighted by molar-refractivity contribution is 0.102. The summed E-state index contributed by atoms with van der Waals surface area (Å²) >= 11 is 2.01. The SMILES string of the molecule is Cc1cc(C(=O)Nc2ccccc2CN2CCSCC2)c(C)n1-c1ccccc1. The fraction of sp³-hybridized carbons (Fsp3) is 0.292. The van der Waals surface area contributed by atoms with Gasteiger partial charge < -0.3 is 9.88 Å². The van der Waals surface area contributed by atoms with Crippen molar-refractivity contribution in [1.82, 2.24) is 9.47 Å². The Hall–Kier alpha value is -2.50. The summed E-state index contributed by atoms with van der Waals surface area (Å²) in [5, 5.41) is 3.17. The van der Waals surface area contributed by atoms with Crippen LogP contribution in [0.4, 0.5) is 5.69 Å². The number of aryl methyl sites for hydroxylation is 1. The van der Waals surface area contributed by atoms with Gasteiger partial charge in [-0.1, -0.05) is 36.4 Å². The standard InChI is InChI=1S/C24H27N3OS/c1-18-16-22(19(2)27(18)21-9-4-3-5-10-21)24(28)25-23-11-7-6-8-20(23)17-26-12-14-29-15-13-26/h3-11,16H,12-15,17H2,1-2H3,(H,25,28). The van der Waals surface area contributed by atoms with Crippen molar-refractivity contribution in [2.45, 2.75) is 20.4 Å². The summed E-state index contributed by atoms with van der Waals surface area (Å²) < 4.78 is 2.13. The normalized spacial score (nSPS) is 14.7. The minimum Gasteiger partial charge on any atom is -0.322 e. The van der Waals surface area contributed by atoms with Crippen LogP contribution in [-0.2, 0) is 6.54 Å². The van der Waals surface area contributed by atoms with Crippen molar-refractivity contribution in [1.29, 1.82) is 0 Å². The average Bonchev–Trinajstić information content (AvgIpc) is 3.05. The highest BCUT2D eigenvalue weighted by molar-refractivity contribution is 7.99. The van der Waals surface area contributed by atoms with E-state index in [1.165, 1.54) is 17.1 Å². The zero-order valence-electron chi connectivity index (χ0n) is 17.0. The molecule has 1 aliphatic rings. The number of anilines is 1. The molecular weight excluding hydrogens is 378 g/mol. The van der Waals surface area contributed by atoms with Crippen LogP contribution in [0.1, 0.15) is 27.3 Å². The number of amides is 1. The molecule has 1 fully saturated rings. The van der Waals surface area contributed by atoms with Crippen molar-refractivity contribution in [3.05, 3.63) is 83.2 Å². The van der Waals surface area contributed by atoms with Crippen molar-refractivity contribution < 1.29 is 4.79 Å². The summed E-state index contributed by atoms with van der Waals surface area (Å²) in [6, 6.07) is 20.3. The van der Waals surface area contributed by atoms with Crippen LogP contribution < -0.4 is 5.32 Å². The first kappa shape index (κ1) is 19.8. The van der Waals surface area contributed by atoms with E-state index in [0.29, 0.717) is 0 Å². The summed E-state index contributed by atoms with van der Waals surface area (Å²) in [5.74, 6) is 2.31. The topological polar surface area (TPSA) is 37.3 Å². The molecule has 2 heterocycles. The van der Waals surface area contributed by atoms with E-state index < -0.39 is 0 Å². The molecule has 1 aromatic heterocycles. The zero-order chi connectivity index (χ0) is 20.2. The minimum absolute atomic E-state index is 0.0538. The Labute approximate surface area is 176 Å². The number of carbonyl (C=O) groups excluding carboxylic acids is 1. The van der Waals surface area contributed by atoms with Crippen LogP contribution in [0.15, 0.2) is 60.7 Å². The molecule has 2 aromatic carbocycles. The molecule has 4 nitrogen and oxygen atoms in total. The molecule has 4 rings (SSSR count). The lowest BCUT2D eigenvalue weighted by atomic mass is 10.1. The van der Waals surface area contributed by atoms with E-state index in [4.69, 9.17) is 0 Å². The average molecular weight is 406 g/mol. The molecule has 1 amide bonds. The number of aromatic nitrogens is 1. The molecule has 0 bridgehead atoms. The van der Waals surface area contributed by atoms with Crippen LogP contribution in [0.5, 0.6) is 0 Å². The molecule has 0 atom stereocenters. The predicted molar refractivity (Wildman–Crippen MR) is 122 cm³/mol. The summed E-state index contributed by atoms with van der Waals surface area (Å²) in [5.41, 5.74) is 5.87. The first-order valence-electron chi connectivity index (χ1n) is 10.1. The van der Waals surface area contributed by atoms with Crippen molar-refractivity contribution in [2.24, 2.45) is 0 Å². The number of hydrogen-bond acceptors (Lipinski definition) is 3. The Morgan fingerprint density at radius 2 is 1.69 bits per heavy atom. The molecule has 0 unspecified atom stereocenters. The largest absolute Gasteiger partial charge is 0.322 e. The number of carbonyl (C=O) groups is 1. The van der Waals surface area contributed by atoms with Gasteiger partial charge in [0.1, 0.15) is 0 Å². The van der Waals surface area contributed by atoms with Crippen LogP contribution >= 0.6 is 11.8 Å². The van der Waals surface area contributed by atoms with Gasteiger partial charge in [-0.25, -0.2) is 0 Å². The molecule has 5 heteroatoms. The molecular formula is C24H27N3OS. The Kier molecular flexibility index (Phi) is 6.07. The Morgan fingerprint density at radius 1 is 1.00 bits per heavy atom. The van der Waals surface area contributed by atoms with Crippen molar-refractivity contribution >= 4 is 23.4 Å². The van der Waals surface area contributed by atoms with Crippen LogP contribution in [0.2, 0.25) is 0 Å². The van der Waals surface area contributed by atoms with Gasteiger partial charge in [-0.3, -0.25) is 9.69 Å². The van der Waals surface area contributed by atoms with Crippen LogP contribution in [-0.4, -0.2) is 40.0 Å². The summed E-state index contributed by atoms with van der Waals surface area (Å²) in [6.45, 7) is 7.13. The van der Waals surface area contributed by atoms with Gasteiger partial charge >= 0.3 is 0 Å². The highest BCUT2D eigenvalue weighted by Gasteiger charge is 2.18. The Bertz CT molecular complexity index is 991. The van der Waals surface area contributed by atoms with E-state index in [1.807, 2.05) is 68.1 Å². The molecule has 1 aliphatic heterocycles. The molecule has 29 heavy (non-hydrogen) atoms. The maximum atomic E-state index is 13.1. The van der Waals surface area contributed by atoms with E-state index in [2.05, 4.69) is 33.0 Å². The van der Waals surface area contributed by atoms with Gasteiger partial charge in [0.15, 0.2) is 0 Å². The third-order valence-electron chi connectivity index (χ3n) is 5.45. The second-order valence-corrected chi connectivity index (χ2v) is 8.68. The van der Waals surface area contributed by atoms with Crippen LogP contribution in [0.25, 0.3) is 5.69 Å². The number of nitrogens with zero attached hydrogens (tertiary/aromatic N) is 2. The number of para-hydroxylation sites is 2. The molecule has 1 N–H and O–H groups in total. The van der Waals surface area contributed by atoms with Gasteiger partial charge in [-0.15, -0.1) is 0 Å². The van der Waals surface area contributed by atoms with Gasteiger partial charge in [0.25, 0.3) is 5.91 Å². The number of benzene rings is 2. The molecule has 0 spiro atoms. The van der Waals surface area contributed by atoms with Crippen LogP contribution in [0, 0.1) is 13.8 Å². The number of nitrogens with one attached hydrogen (secondary N) is 1. The summed E-state index contributed by atoms with van der Waals surface area (Å²) in [7, 11) is 0. The van der Waals surface area contributed by atoms with E-state index in [9.17, 15) is 4.79 Å². The smallest absolute Gasteiger partial charge is 0.257 e. The van der Waals surface area contributed by atoms with Gasteiger partial charge in [0.2, 0.25) is 0 Å². The van der Waals surface area contributed by atoms with Gasteiger partial charge in [0, 0.05) is 53.9 Å². The summed E-state index contributed by atoms with van der Waals surface area (Å²) in [4.78, 5) is 15.6. The highest BCUT2D eigenvalue weighted by Crippen LogP contribution is 2.24. The maximum Gasteiger partial charge on any atom is 0.257 e. The fourth-order valence-electron chi connectivity index (χ4n) is 3.94. The van der Waals surface area contributed by atoms with Crippen molar-refractivity contribution in [3.63, 3.8) is 0 Å². The fourth-order valence-corrected chi connectivity index (χ4v) is 4.92. The quantitative estimate of drug-likeness (QED) is 0.656. The molecule has 150 valence electrons. The zero-order valence-corrected chi connectivity index (χ0v) is 17.8. The number of thioether (sulfide) groups is 1. The Balaban J connectivity index is 1.56. The monoisotopic (exact) mass is 405 g/mol. The van der Waals surface area contributed by atoms with E-state index in [0.717, 1.165) is 48.0 Å². The lowest BCUT2D eigenvalue weighted by Gasteiger charge is -2.27. The predicted octanol–water partition coefficient (Wildman–Crippen LogP) is 4.90. The third kappa shape index (κ3) is 4.41. The molecule has 0 aliphatic carbocycles. The number of rotatable bonds is 5. The first-order chi connectivity index (χ1) is 14.1. The second kappa shape index (κ2) is 8.89. The first-order valence-corrected chi connectivity index (χ1v) is 11.2. The number of hydrogen-bond donors (Lipinski definition) is 1. The van der Waals surface area contributed by atoms with Crippen molar-refractivity contribution in [3.8, 4) is 5.69 Å². The van der Waals surface area contributed by atoms with E-state index in [-0.39, 0.29) is 5.91 Å². The molecule has 1 saturated heterocycles. The van der Waals surface area contributed by atoms with E-state index >= 15 is 0 Å². The van der Waals surface area contributed by atoms with Gasteiger partial charge in [-0.05, 0) is 43.7 Å². The molecule has 0 saturated carbocycles. The summed E-state index contributed by atoms with van der Waals surface area (Å²) in [6.07, 6.45) is 0. The lowest BCUT2D eigenvalue weighted by Crippen LogP contribution is -2.32. The maximum absolute atomic E-state index is 13.1. The molecule has 0 radical (unpaired) electrons. The van der Waals surface area contributed by atoms with Crippen LogP contribution in [0.3, 0.4) is 0 Å². The third-order valence-corrected chi connectivity index (χ3v) is 6.40. The van der Waals surface area contributed by atoms with Gasteiger partial charge in [0.05, 0.1) is 5.56 Å². The Morgan fingerprint density at radius 3 is 2.45 bits per heavy atom. The minimum atomic E-state index is -0.0538. The second-order valence-electron chi connectivity index (χ2n) is 7.46. The van der Waals surface area contributed by atoms with Crippen molar-refractivity contribution in [2.75, 3.05) is 29.9 Å². The van der Waals surface area contributed by atoms with Gasteiger partial charge in [-0.2, -0.15) is 11.8 Å². The highest BCUT2D eigenvalue weighted by atomic mass is 32.2. The molecule has 3 aromatic rings. The van der Waals surface area contributed by atoms with E-state index in [1.54, 1.807) is 0 Å².